The van der Waals surface area contributed by atoms with Crippen molar-refractivity contribution in [2.45, 2.75) is 96.1 Å². The molecule has 2 atom stereocenters. The number of thiophene rings is 1. The quantitative estimate of drug-likeness (QED) is 0.473. The van der Waals surface area contributed by atoms with Gasteiger partial charge in [0, 0.05) is 36.7 Å². The number of carbonyl (C=O) groups excluding carboxylic acids is 1. The van der Waals surface area contributed by atoms with E-state index in [1.807, 2.05) is 4.90 Å². The van der Waals surface area contributed by atoms with Crippen LogP contribution >= 0.6 is 11.3 Å². The summed E-state index contributed by atoms with van der Waals surface area (Å²) in [4.78, 5) is 26.2. The van der Waals surface area contributed by atoms with Crippen molar-refractivity contribution in [2.75, 3.05) is 6.54 Å². The lowest BCUT2D eigenvalue weighted by atomic mass is 9.94. The average molecular weight is 410 g/mol. The van der Waals surface area contributed by atoms with Gasteiger partial charge in [-0.2, -0.15) is 0 Å². The second-order valence-electron chi connectivity index (χ2n) is 7.85. The third-order valence-corrected chi connectivity index (χ3v) is 6.69. The Bertz CT molecular complexity index is 615. The highest BCUT2D eigenvalue weighted by molar-refractivity contribution is 7.10. The van der Waals surface area contributed by atoms with Gasteiger partial charge >= 0.3 is 5.97 Å². The topological polar surface area (TPSA) is 77.8 Å². The van der Waals surface area contributed by atoms with E-state index in [4.69, 9.17) is 5.11 Å². The van der Waals surface area contributed by atoms with Crippen molar-refractivity contribution in [3.63, 3.8) is 0 Å². The summed E-state index contributed by atoms with van der Waals surface area (Å²) in [6.45, 7) is 2.91. The van der Waals surface area contributed by atoms with E-state index >= 15 is 0 Å². The monoisotopic (exact) mass is 409 g/mol. The summed E-state index contributed by atoms with van der Waals surface area (Å²) in [7, 11) is 0. The van der Waals surface area contributed by atoms with Gasteiger partial charge in [0.05, 0.1) is 6.10 Å². The van der Waals surface area contributed by atoms with Crippen molar-refractivity contribution >= 4 is 23.2 Å². The lowest BCUT2D eigenvalue weighted by Crippen LogP contribution is -2.44. The molecule has 2 rings (SSSR count). The van der Waals surface area contributed by atoms with E-state index in [0.717, 1.165) is 57.9 Å². The van der Waals surface area contributed by atoms with Gasteiger partial charge in [-0.3, -0.25) is 9.59 Å². The van der Waals surface area contributed by atoms with Crippen LogP contribution in [0.15, 0.2) is 11.4 Å². The van der Waals surface area contributed by atoms with Crippen LogP contribution in [0.4, 0.5) is 0 Å². The number of amides is 1. The van der Waals surface area contributed by atoms with Crippen LogP contribution in [0, 0.1) is 0 Å². The molecule has 0 saturated carbocycles. The van der Waals surface area contributed by atoms with E-state index in [2.05, 4.69) is 18.4 Å². The minimum atomic E-state index is -0.738. The van der Waals surface area contributed by atoms with Crippen LogP contribution in [0.2, 0.25) is 0 Å². The number of likely N-dealkylation sites (tertiary alicyclic amines) is 1. The van der Waals surface area contributed by atoms with Gasteiger partial charge in [-0.05, 0) is 62.0 Å². The average Bonchev–Trinajstić information content (AvgIpc) is 3.11. The fourth-order valence-electron chi connectivity index (χ4n) is 4.07. The highest BCUT2D eigenvalue weighted by atomic mass is 32.1. The predicted molar refractivity (Wildman–Crippen MR) is 113 cm³/mol. The highest BCUT2D eigenvalue weighted by Gasteiger charge is 2.27. The van der Waals surface area contributed by atoms with Gasteiger partial charge in [-0.1, -0.05) is 19.8 Å². The number of aliphatic hydroxyl groups is 1. The van der Waals surface area contributed by atoms with Crippen LogP contribution in [0.1, 0.15) is 81.6 Å². The first-order valence-electron chi connectivity index (χ1n) is 10.8. The number of hydrogen-bond acceptors (Lipinski definition) is 4. The maximum absolute atomic E-state index is 12.4. The summed E-state index contributed by atoms with van der Waals surface area (Å²) >= 11 is 1.72. The molecular weight excluding hydrogens is 374 g/mol. The van der Waals surface area contributed by atoms with Gasteiger partial charge in [0.25, 0.3) is 0 Å². The molecule has 1 unspecified atom stereocenters. The minimum Gasteiger partial charge on any atom is -0.481 e. The van der Waals surface area contributed by atoms with Gasteiger partial charge in [-0.25, -0.2) is 0 Å². The standard InChI is InChI=1S/C22H35NO4S/c1-2-17-13-15-28-20(17)16-19(24)12-11-18-8-7-9-21(25)23(18)14-6-4-3-5-10-22(26)27/h13,15,18-19,24H,2-12,14,16H2,1H3,(H,26,27)/t18-,19?/m1/s1. The number of carboxylic acid groups (broad SMARTS) is 1. The maximum Gasteiger partial charge on any atom is 0.303 e. The fraction of sp³-hybridized carbons (Fsp3) is 0.727. The molecule has 158 valence electrons. The van der Waals surface area contributed by atoms with Crippen LogP contribution in [0.3, 0.4) is 0 Å². The number of nitrogens with zero attached hydrogens (tertiary/aromatic N) is 1. The number of carboxylic acids is 1. The van der Waals surface area contributed by atoms with E-state index in [1.165, 1.54) is 10.4 Å². The third-order valence-electron chi connectivity index (χ3n) is 5.70. The Labute approximate surface area is 172 Å². The van der Waals surface area contributed by atoms with Gasteiger partial charge in [0.1, 0.15) is 0 Å². The van der Waals surface area contributed by atoms with Crippen LogP contribution in [0.5, 0.6) is 0 Å². The Hall–Kier alpha value is -1.40. The highest BCUT2D eigenvalue weighted by Crippen LogP contribution is 2.25. The number of piperidine rings is 1. The maximum atomic E-state index is 12.4. The second kappa shape index (κ2) is 12.2. The first-order valence-corrected chi connectivity index (χ1v) is 11.6. The molecule has 1 amide bonds. The number of rotatable bonds is 13. The van der Waals surface area contributed by atoms with Crippen LogP contribution in [-0.4, -0.2) is 45.7 Å². The number of aryl methyl sites for hydroxylation is 1. The largest absolute Gasteiger partial charge is 0.481 e. The van der Waals surface area contributed by atoms with Gasteiger partial charge in [0.2, 0.25) is 5.91 Å². The molecule has 5 nitrogen and oxygen atoms in total. The molecule has 2 N–H and O–H groups in total. The molecule has 0 bridgehead atoms. The Kier molecular flexibility index (Phi) is 9.99. The summed E-state index contributed by atoms with van der Waals surface area (Å²) in [5.74, 6) is -0.499. The van der Waals surface area contributed by atoms with E-state index in [1.54, 1.807) is 11.3 Å². The van der Waals surface area contributed by atoms with Crippen LogP contribution < -0.4 is 0 Å². The first kappa shape index (κ1) is 22.9. The van der Waals surface area contributed by atoms with Crippen molar-refractivity contribution in [1.29, 1.82) is 0 Å². The molecule has 2 heterocycles. The Morgan fingerprint density at radius 3 is 2.86 bits per heavy atom. The molecule has 1 saturated heterocycles. The Morgan fingerprint density at radius 2 is 2.11 bits per heavy atom. The van der Waals surface area contributed by atoms with E-state index in [0.29, 0.717) is 19.3 Å². The molecule has 0 spiro atoms. The SMILES string of the molecule is CCc1ccsc1CC(O)CC[C@H]1CCCC(=O)N1CCCCCCC(=O)O. The van der Waals surface area contributed by atoms with E-state index < -0.39 is 5.97 Å². The van der Waals surface area contributed by atoms with Crippen molar-refractivity contribution in [1.82, 2.24) is 4.90 Å². The van der Waals surface area contributed by atoms with Crippen LogP contribution in [-0.2, 0) is 22.4 Å². The number of carbonyl (C=O) groups is 2. The van der Waals surface area contributed by atoms with Gasteiger partial charge in [-0.15, -0.1) is 11.3 Å². The lowest BCUT2D eigenvalue weighted by molar-refractivity contribution is -0.137. The van der Waals surface area contributed by atoms with Gasteiger partial charge < -0.3 is 15.1 Å². The minimum absolute atomic E-state index is 0.229. The number of unbranched alkanes of at least 4 members (excludes halogenated alkanes) is 3. The zero-order valence-electron chi connectivity index (χ0n) is 17.1. The molecule has 28 heavy (non-hydrogen) atoms. The fourth-order valence-corrected chi connectivity index (χ4v) is 5.12. The molecule has 1 aliphatic rings. The summed E-state index contributed by atoms with van der Waals surface area (Å²) in [6.07, 6.45) is 9.29. The van der Waals surface area contributed by atoms with Crippen molar-refractivity contribution in [2.24, 2.45) is 0 Å². The zero-order chi connectivity index (χ0) is 20.4. The molecule has 0 radical (unpaired) electrons. The summed E-state index contributed by atoms with van der Waals surface area (Å²) in [5.41, 5.74) is 1.33. The second-order valence-corrected chi connectivity index (χ2v) is 8.85. The normalized spacial score (nSPS) is 18.4. The van der Waals surface area contributed by atoms with Crippen molar-refractivity contribution < 1.29 is 19.8 Å². The molecule has 0 aromatic carbocycles. The lowest BCUT2D eigenvalue weighted by Gasteiger charge is -2.36. The van der Waals surface area contributed by atoms with Crippen molar-refractivity contribution in [3.05, 3.63) is 21.9 Å². The van der Waals surface area contributed by atoms with Crippen molar-refractivity contribution in [3.8, 4) is 0 Å². The predicted octanol–water partition coefficient (Wildman–Crippen LogP) is 4.41. The molecule has 0 aliphatic carbocycles. The molecular formula is C22H35NO4S. The third kappa shape index (κ3) is 7.55. The number of hydrogen-bond donors (Lipinski definition) is 2. The summed E-state index contributed by atoms with van der Waals surface area (Å²) in [6, 6.07) is 2.38. The molecule has 6 heteroatoms. The Morgan fingerprint density at radius 1 is 1.32 bits per heavy atom. The number of aliphatic carboxylic acids is 1. The number of aliphatic hydroxyl groups excluding tert-OH is 1. The Balaban J connectivity index is 1.74. The van der Waals surface area contributed by atoms with Crippen LogP contribution in [0.25, 0.3) is 0 Å². The summed E-state index contributed by atoms with van der Waals surface area (Å²) < 4.78 is 0. The summed E-state index contributed by atoms with van der Waals surface area (Å²) in [5, 5.41) is 21.3. The smallest absolute Gasteiger partial charge is 0.303 e. The van der Waals surface area contributed by atoms with Gasteiger partial charge in [0.15, 0.2) is 0 Å². The molecule has 1 aromatic rings. The van der Waals surface area contributed by atoms with E-state index in [9.17, 15) is 14.7 Å². The molecule has 1 aromatic heterocycles. The zero-order valence-corrected chi connectivity index (χ0v) is 17.9. The first-order chi connectivity index (χ1) is 13.5. The molecule has 1 aliphatic heterocycles. The molecule has 1 fully saturated rings. The van der Waals surface area contributed by atoms with E-state index in [-0.39, 0.29) is 24.5 Å².